The molecular formula is C14H16N2O3. The van der Waals surface area contributed by atoms with Crippen LogP contribution in [0.5, 0.6) is 0 Å². The average molecular weight is 260 g/mol. The molecule has 0 bridgehead atoms. The maximum absolute atomic E-state index is 10.9. The van der Waals surface area contributed by atoms with Gasteiger partial charge in [-0.25, -0.2) is 4.79 Å². The second-order valence-electron chi connectivity index (χ2n) is 4.38. The van der Waals surface area contributed by atoms with Crippen LogP contribution in [-0.4, -0.2) is 16.1 Å². The summed E-state index contributed by atoms with van der Waals surface area (Å²) in [7, 11) is 0. The highest BCUT2D eigenvalue weighted by Gasteiger charge is 2.14. The number of pyridine rings is 1. The lowest BCUT2D eigenvalue weighted by Crippen LogP contribution is -2.17. The van der Waals surface area contributed by atoms with Crippen LogP contribution in [0.4, 0.5) is 0 Å². The molecule has 0 fully saturated rings. The maximum atomic E-state index is 10.9. The molecule has 0 amide bonds. The lowest BCUT2D eigenvalue weighted by Gasteiger charge is -2.12. The van der Waals surface area contributed by atoms with Crippen molar-refractivity contribution in [2.24, 2.45) is 0 Å². The van der Waals surface area contributed by atoms with E-state index in [-0.39, 0.29) is 11.6 Å². The van der Waals surface area contributed by atoms with Crippen LogP contribution >= 0.6 is 0 Å². The second-order valence-corrected chi connectivity index (χ2v) is 4.38. The Kier molecular flexibility index (Phi) is 3.97. The summed E-state index contributed by atoms with van der Waals surface area (Å²) in [5.41, 5.74) is 1.29. The maximum Gasteiger partial charge on any atom is 0.339 e. The second kappa shape index (κ2) is 5.67. The quantitative estimate of drug-likeness (QED) is 0.864. The standard InChI is InChI=1S/C14H16N2O3/c1-9(11-4-3-5-15-7-11)16-8-12-6-13(14(17)18)10(2)19-12/h3-7,9,16H,8H2,1-2H3,(H,17,18)/t9-/m1/s1. The summed E-state index contributed by atoms with van der Waals surface area (Å²) >= 11 is 0. The lowest BCUT2D eigenvalue weighted by molar-refractivity contribution is 0.0695. The minimum absolute atomic E-state index is 0.118. The third kappa shape index (κ3) is 3.20. The first kappa shape index (κ1) is 13.3. The molecule has 1 atom stereocenters. The van der Waals surface area contributed by atoms with Gasteiger partial charge in [0.25, 0.3) is 0 Å². The molecule has 100 valence electrons. The normalized spacial score (nSPS) is 12.3. The number of furan rings is 1. The molecule has 2 N–H and O–H groups in total. The van der Waals surface area contributed by atoms with Crippen LogP contribution in [0.25, 0.3) is 0 Å². The molecule has 0 radical (unpaired) electrons. The Hall–Kier alpha value is -2.14. The molecule has 0 saturated carbocycles. The Balaban J connectivity index is 1.99. The number of rotatable bonds is 5. The van der Waals surface area contributed by atoms with E-state index >= 15 is 0 Å². The molecule has 0 aliphatic heterocycles. The van der Waals surface area contributed by atoms with Crippen molar-refractivity contribution in [3.8, 4) is 0 Å². The number of nitrogens with zero attached hydrogens (tertiary/aromatic N) is 1. The largest absolute Gasteiger partial charge is 0.478 e. The number of aryl methyl sites for hydroxylation is 1. The van der Waals surface area contributed by atoms with E-state index in [0.29, 0.717) is 18.1 Å². The zero-order valence-corrected chi connectivity index (χ0v) is 10.9. The summed E-state index contributed by atoms with van der Waals surface area (Å²) in [4.78, 5) is 15.0. The van der Waals surface area contributed by atoms with E-state index in [2.05, 4.69) is 10.3 Å². The van der Waals surface area contributed by atoms with Gasteiger partial charge >= 0.3 is 5.97 Å². The fourth-order valence-electron chi connectivity index (χ4n) is 1.85. The van der Waals surface area contributed by atoms with E-state index in [1.54, 1.807) is 25.4 Å². The van der Waals surface area contributed by atoms with E-state index in [1.165, 1.54) is 0 Å². The first-order valence-electron chi connectivity index (χ1n) is 6.04. The minimum atomic E-state index is -0.965. The molecule has 2 heterocycles. The summed E-state index contributed by atoms with van der Waals surface area (Å²) in [5.74, 6) is 0.0804. The summed E-state index contributed by atoms with van der Waals surface area (Å²) in [6.45, 7) is 4.15. The van der Waals surface area contributed by atoms with Crippen molar-refractivity contribution >= 4 is 5.97 Å². The number of carbonyl (C=O) groups is 1. The van der Waals surface area contributed by atoms with Crippen molar-refractivity contribution in [3.63, 3.8) is 0 Å². The number of hydrogen-bond donors (Lipinski definition) is 2. The van der Waals surface area contributed by atoms with Gasteiger partial charge in [-0.2, -0.15) is 0 Å². The number of aromatic nitrogens is 1. The van der Waals surface area contributed by atoms with Crippen molar-refractivity contribution in [3.05, 3.63) is 53.2 Å². The Morgan fingerprint density at radius 1 is 1.58 bits per heavy atom. The first-order valence-corrected chi connectivity index (χ1v) is 6.04. The van der Waals surface area contributed by atoms with Crippen LogP contribution in [0.3, 0.4) is 0 Å². The fourth-order valence-corrected chi connectivity index (χ4v) is 1.85. The van der Waals surface area contributed by atoms with Gasteiger partial charge in [-0.3, -0.25) is 4.98 Å². The molecule has 2 aromatic rings. The van der Waals surface area contributed by atoms with E-state index in [4.69, 9.17) is 9.52 Å². The first-order chi connectivity index (χ1) is 9.08. The molecule has 2 aromatic heterocycles. The van der Waals surface area contributed by atoms with Crippen molar-refractivity contribution < 1.29 is 14.3 Å². The molecular weight excluding hydrogens is 244 g/mol. The molecule has 2 rings (SSSR count). The predicted molar refractivity (Wildman–Crippen MR) is 69.9 cm³/mol. The summed E-state index contributed by atoms with van der Waals surface area (Å²) in [5, 5.41) is 12.2. The lowest BCUT2D eigenvalue weighted by atomic mass is 10.1. The van der Waals surface area contributed by atoms with E-state index in [1.807, 2.05) is 19.1 Å². The van der Waals surface area contributed by atoms with Gasteiger partial charge in [0.1, 0.15) is 17.1 Å². The zero-order chi connectivity index (χ0) is 13.8. The van der Waals surface area contributed by atoms with Crippen molar-refractivity contribution in [2.75, 3.05) is 0 Å². The number of carboxylic acid groups (broad SMARTS) is 1. The molecule has 0 aromatic carbocycles. The SMILES string of the molecule is Cc1oc(CN[C@H](C)c2cccnc2)cc1C(=O)O. The van der Waals surface area contributed by atoms with Crippen LogP contribution in [0, 0.1) is 6.92 Å². The van der Waals surface area contributed by atoms with E-state index in [0.717, 1.165) is 5.56 Å². The molecule has 0 unspecified atom stereocenters. The summed E-state index contributed by atoms with van der Waals surface area (Å²) in [6, 6.07) is 5.54. The number of hydrogen-bond acceptors (Lipinski definition) is 4. The topological polar surface area (TPSA) is 75.4 Å². The molecule has 0 aliphatic rings. The van der Waals surface area contributed by atoms with Gasteiger partial charge in [0, 0.05) is 18.4 Å². The molecule has 5 heteroatoms. The Bertz CT molecular complexity index is 563. The van der Waals surface area contributed by atoms with Crippen molar-refractivity contribution in [1.29, 1.82) is 0 Å². The van der Waals surface area contributed by atoms with Gasteiger partial charge in [0.15, 0.2) is 0 Å². The Labute approximate surface area is 111 Å². The zero-order valence-electron chi connectivity index (χ0n) is 10.9. The minimum Gasteiger partial charge on any atom is -0.478 e. The van der Waals surface area contributed by atoms with Crippen LogP contribution in [0.2, 0.25) is 0 Å². The Morgan fingerprint density at radius 2 is 2.37 bits per heavy atom. The third-order valence-electron chi connectivity index (χ3n) is 2.97. The fraction of sp³-hybridized carbons (Fsp3) is 0.286. The number of nitrogens with one attached hydrogen (secondary N) is 1. The summed E-state index contributed by atoms with van der Waals surface area (Å²) < 4.78 is 5.40. The molecule has 0 spiro atoms. The van der Waals surface area contributed by atoms with Crippen LogP contribution < -0.4 is 5.32 Å². The molecule has 0 aliphatic carbocycles. The van der Waals surface area contributed by atoms with Gasteiger partial charge in [0.2, 0.25) is 0 Å². The summed E-state index contributed by atoms with van der Waals surface area (Å²) in [6.07, 6.45) is 3.53. The highest BCUT2D eigenvalue weighted by Crippen LogP contribution is 2.16. The van der Waals surface area contributed by atoms with Gasteiger partial charge in [0.05, 0.1) is 6.54 Å². The monoisotopic (exact) mass is 260 g/mol. The Morgan fingerprint density at radius 3 is 2.95 bits per heavy atom. The van der Waals surface area contributed by atoms with Crippen LogP contribution in [0.1, 0.15) is 40.4 Å². The molecule has 5 nitrogen and oxygen atoms in total. The number of carboxylic acids is 1. The average Bonchev–Trinajstić information content (AvgIpc) is 2.78. The van der Waals surface area contributed by atoms with Gasteiger partial charge in [-0.15, -0.1) is 0 Å². The highest BCUT2D eigenvalue weighted by atomic mass is 16.4. The molecule has 19 heavy (non-hydrogen) atoms. The smallest absolute Gasteiger partial charge is 0.339 e. The van der Waals surface area contributed by atoms with Gasteiger partial charge < -0.3 is 14.8 Å². The van der Waals surface area contributed by atoms with Gasteiger partial charge in [-0.05, 0) is 31.5 Å². The van der Waals surface area contributed by atoms with Gasteiger partial charge in [-0.1, -0.05) is 6.07 Å². The number of aromatic carboxylic acids is 1. The third-order valence-corrected chi connectivity index (χ3v) is 2.97. The highest BCUT2D eigenvalue weighted by molar-refractivity contribution is 5.88. The van der Waals surface area contributed by atoms with Crippen molar-refractivity contribution in [2.45, 2.75) is 26.4 Å². The molecule has 0 saturated heterocycles. The van der Waals surface area contributed by atoms with Crippen molar-refractivity contribution in [1.82, 2.24) is 10.3 Å². The predicted octanol–water partition coefficient (Wildman–Crippen LogP) is 2.53. The van der Waals surface area contributed by atoms with Crippen LogP contribution in [0.15, 0.2) is 35.0 Å². The van der Waals surface area contributed by atoms with Crippen LogP contribution in [-0.2, 0) is 6.54 Å². The van der Waals surface area contributed by atoms with E-state index < -0.39 is 5.97 Å². The van der Waals surface area contributed by atoms with E-state index in [9.17, 15) is 4.79 Å².